The Labute approximate surface area is 191 Å². The lowest BCUT2D eigenvalue weighted by Crippen LogP contribution is -2.04. The van der Waals surface area contributed by atoms with E-state index in [0.717, 1.165) is 19.6 Å². The number of phenols is 1. The molecule has 0 aliphatic carbocycles. The summed E-state index contributed by atoms with van der Waals surface area (Å²) in [6.07, 6.45) is 2.47. The van der Waals surface area contributed by atoms with E-state index >= 15 is 0 Å². The molecule has 0 unspecified atom stereocenters. The third kappa shape index (κ3) is 13.1. The number of ether oxygens (including phenoxy) is 4. The predicted octanol–water partition coefficient (Wildman–Crippen LogP) is 4.99. The maximum Gasteiger partial charge on any atom is 0.196 e. The Morgan fingerprint density at radius 2 is 1.48 bits per heavy atom. The summed E-state index contributed by atoms with van der Waals surface area (Å²) in [5.41, 5.74) is 0.816. The van der Waals surface area contributed by atoms with Crippen molar-refractivity contribution in [3.05, 3.63) is 59.7 Å². The van der Waals surface area contributed by atoms with Crippen LogP contribution in [0.4, 0.5) is 0 Å². The van der Waals surface area contributed by atoms with Gasteiger partial charge in [-0.15, -0.1) is 0 Å². The minimum Gasteiger partial charge on any atom is -0.507 e. The number of benzene rings is 2. The maximum atomic E-state index is 12.3. The van der Waals surface area contributed by atoms with Crippen LogP contribution >= 0.6 is 12.6 Å². The molecule has 0 spiro atoms. The molecule has 0 bridgehead atoms. The van der Waals surface area contributed by atoms with Gasteiger partial charge in [-0.3, -0.25) is 4.79 Å². The van der Waals surface area contributed by atoms with Gasteiger partial charge in [0.15, 0.2) is 5.78 Å². The molecule has 6 nitrogen and oxygen atoms in total. The minimum atomic E-state index is -0.207. The lowest BCUT2D eigenvalue weighted by atomic mass is 10.0. The molecule has 2 aromatic rings. The number of rotatable bonds is 12. The monoisotopic (exact) mass is 452 g/mol. The fraction of sp³-hybridized carbons (Fsp3) is 0.458. The van der Waals surface area contributed by atoms with Gasteiger partial charge >= 0.3 is 0 Å². The number of carbonyl (C=O) groups excluding carboxylic acids is 1. The summed E-state index contributed by atoms with van der Waals surface area (Å²) in [5.74, 6) is 0.260. The van der Waals surface area contributed by atoms with E-state index in [-0.39, 0.29) is 17.1 Å². The van der Waals surface area contributed by atoms with E-state index in [9.17, 15) is 9.90 Å². The van der Waals surface area contributed by atoms with Crippen LogP contribution in [0.3, 0.4) is 0 Å². The first-order valence-corrected chi connectivity index (χ1v) is 11.3. The van der Waals surface area contributed by atoms with Crippen LogP contribution in [0.1, 0.15) is 43.1 Å². The molecule has 7 heteroatoms. The zero-order valence-corrected chi connectivity index (χ0v) is 19.9. The van der Waals surface area contributed by atoms with Gasteiger partial charge in [-0.1, -0.05) is 30.3 Å². The third-order valence-electron chi connectivity index (χ3n) is 3.73. The largest absolute Gasteiger partial charge is 0.507 e. The fourth-order valence-electron chi connectivity index (χ4n) is 2.26. The molecule has 31 heavy (non-hydrogen) atoms. The topological polar surface area (TPSA) is 74.2 Å². The molecular formula is C24H36O6S. The lowest BCUT2D eigenvalue weighted by molar-refractivity contribution is -0.0445. The fourth-order valence-corrected chi connectivity index (χ4v) is 2.26. The number of ketones is 1. The van der Waals surface area contributed by atoms with Crippen molar-refractivity contribution in [2.75, 3.05) is 46.1 Å². The van der Waals surface area contributed by atoms with Crippen LogP contribution in [0, 0.1) is 0 Å². The van der Waals surface area contributed by atoms with Crippen molar-refractivity contribution in [2.45, 2.75) is 27.2 Å². The molecule has 0 aliphatic heterocycles. The molecule has 0 amide bonds. The lowest BCUT2D eigenvalue weighted by Gasteiger charge is -2.09. The van der Waals surface area contributed by atoms with Gasteiger partial charge in [0.1, 0.15) is 18.3 Å². The highest BCUT2D eigenvalue weighted by molar-refractivity contribution is 7.79. The van der Waals surface area contributed by atoms with Crippen LogP contribution in [-0.2, 0) is 14.2 Å². The van der Waals surface area contributed by atoms with E-state index in [0.29, 0.717) is 37.9 Å². The SMILES string of the molecule is CCOCCCOc1ccc(C(=O)c2ccccc2)c(O)c1.CCOCOCC.CS. The second-order valence-electron chi connectivity index (χ2n) is 5.88. The van der Waals surface area contributed by atoms with Gasteiger partial charge in [0.05, 0.1) is 12.2 Å². The van der Waals surface area contributed by atoms with Crippen molar-refractivity contribution in [1.29, 1.82) is 0 Å². The molecule has 2 aromatic carbocycles. The van der Waals surface area contributed by atoms with Crippen molar-refractivity contribution < 1.29 is 28.8 Å². The first kappa shape index (κ1) is 28.9. The number of hydrogen-bond acceptors (Lipinski definition) is 7. The highest BCUT2D eigenvalue weighted by Crippen LogP contribution is 2.26. The summed E-state index contributed by atoms with van der Waals surface area (Å²) in [6.45, 7) is 9.59. The number of carbonyl (C=O) groups is 1. The van der Waals surface area contributed by atoms with Crippen LogP contribution in [0.5, 0.6) is 11.5 Å². The number of thiol groups is 1. The standard InChI is InChI=1S/C18H20O4.C5H12O2.CH4S/c1-2-21-11-6-12-22-15-9-10-16(17(19)13-15)18(20)14-7-4-3-5-8-14;1-3-6-5-7-4-2;1-2/h3-5,7-10,13,19H,2,6,11-12H2,1H3;3-5H2,1-2H3;2H,1H3. The second-order valence-corrected chi connectivity index (χ2v) is 5.88. The molecule has 0 aliphatic rings. The van der Waals surface area contributed by atoms with E-state index in [1.54, 1.807) is 42.7 Å². The van der Waals surface area contributed by atoms with Crippen LogP contribution in [0.2, 0.25) is 0 Å². The molecule has 1 N–H and O–H groups in total. The van der Waals surface area contributed by atoms with Gasteiger partial charge in [0.25, 0.3) is 0 Å². The van der Waals surface area contributed by atoms with E-state index in [4.69, 9.17) is 18.9 Å². The molecule has 0 fully saturated rings. The van der Waals surface area contributed by atoms with Crippen molar-refractivity contribution in [3.8, 4) is 11.5 Å². The van der Waals surface area contributed by atoms with Gasteiger partial charge in [0, 0.05) is 44.5 Å². The average molecular weight is 453 g/mol. The molecule has 0 saturated carbocycles. The van der Waals surface area contributed by atoms with Gasteiger partial charge in [-0.2, -0.15) is 12.6 Å². The predicted molar refractivity (Wildman–Crippen MR) is 128 cm³/mol. The van der Waals surface area contributed by atoms with Gasteiger partial charge < -0.3 is 24.1 Å². The Bertz CT molecular complexity index is 690. The van der Waals surface area contributed by atoms with Crippen LogP contribution < -0.4 is 4.74 Å². The summed E-state index contributed by atoms with van der Waals surface area (Å²) in [4.78, 5) is 12.3. The number of phenolic OH excluding ortho intramolecular Hbond substituents is 1. The van der Waals surface area contributed by atoms with Crippen molar-refractivity contribution in [1.82, 2.24) is 0 Å². The van der Waals surface area contributed by atoms with Gasteiger partial charge in [0.2, 0.25) is 0 Å². The summed E-state index contributed by atoms with van der Waals surface area (Å²) < 4.78 is 20.4. The molecular weight excluding hydrogens is 416 g/mol. The summed E-state index contributed by atoms with van der Waals surface area (Å²) >= 11 is 3.53. The normalized spacial score (nSPS) is 9.71. The third-order valence-corrected chi connectivity index (χ3v) is 3.73. The van der Waals surface area contributed by atoms with Gasteiger partial charge in [-0.05, 0) is 39.2 Å². The van der Waals surface area contributed by atoms with Crippen LogP contribution in [0.25, 0.3) is 0 Å². The summed E-state index contributed by atoms with van der Waals surface area (Å²) in [7, 11) is 0. The minimum absolute atomic E-state index is 0.0730. The molecule has 174 valence electrons. The van der Waals surface area contributed by atoms with E-state index in [1.807, 2.05) is 26.8 Å². The Balaban J connectivity index is 0.000000852. The van der Waals surface area contributed by atoms with E-state index < -0.39 is 0 Å². The molecule has 0 radical (unpaired) electrons. The Morgan fingerprint density at radius 1 is 0.871 bits per heavy atom. The highest BCUT2D eigenvalue weighted by atomic mass is 32.1. The molecule has 0 aromatic heterocycles. The number of aromatic hydroxyl groups is 1. The molecule has 2 rings (SSSR count). The highest BCUT2D eigenvalue weighted by Gasteiger charge is 2.13. The zero-order chi connectivity index (χ0) is 23.3. The Hall–Kier alpha value is -2.06. The quantitative estimate of drug-likeness (QED) is 0.205. The van der Waals surface area contributed by atoms with Crippen molar-refractivity contribution in [3.63, 3.8) is 0 Å². The van der Waals surface area contributed by atoms with Crippen molar-refractivity contribution in [2.24, 2.45) is 0 Å². The van der Waals surface area contributed by atoms with Crippen LogP contribution in [0.15, 0.2) is 48.5 Å². The molecule has 0 atom stereocenters. The zero-order valence-electron chi connectivity index (χ0n) is 19.0. The van der Waals surface area contributed by atoms with Crippen LogP contribution in [-0.4, -0.2) is 57.0 Å². The molecule has 0 heterocycles. The second kappa shape index (κ2) is 19.9. The maximum absolute atomic E-state index is 12.3. The smallest absolute Gasteiger partial charge is 0.196 e. The first-order chi connectivity index (χ1) is 15.1. The summed E-state index contributed by atoms with van der Waals surface area (Å²) in [5, 5.41) is 10.0. The number of hydrogen-bond donors (Lipinski definition) is 2. The summed E-state index contributed by atoms with van der Waals surface area (Å²) in [6, 6.07) is 13.6. The Morgan fingerprint density at radius 3 is 2.03 bits per heavy atom. The van der Waals surface area contributed by atoms with Crippen molar-refractivity contribution >= 4 is 18.4 Å². The van der Waals surface area contributed by atoms with E-state index in [1.165, 1.54) is 6.07 Å². The Kier molecular flexibility index (Phi) is 18.6. The molecule has 0 saturated heterocycles. The average Bonchev–Trinajstić information content (AvgIpc) is 2.81. The van der Waals surface area contributed by atoms with E-state index in [2.05, 4.69) is 12.6 Å². The first-order valence-electron chi connectivity index (χ1n) is 10.4. The van der Waals surface area contributed by atoms with Gasteiger partial charge in [-0.25, -0.2) is 0 Å².